The summed E-state index contributed by atoms with van der Waals surface area (Å²) in [6, 6.07) is 3.81. The summed E-state index contributed by atoms with van der Waals surface area (Å²) < 4.78 is 23.5. The van der Waals surface area contributed by atoms with Crippen LogP contribution in [0.1, 0.15) is 32.3 Å². The lowest BCUT2D eigenvalue weighted by molar-refractivity contribution is -0.151. The maximum absolute atomic E-state index is 13.0. The third-order valence-electron chi connectivity index (χ3n) is 2.56. The predicted octanol–water partition coefficient (Wildman–Crippen LogP) is 2.43. The van der Waals surface area contributed by atoms with E-state index >= 15 is 0 Å². The Bertz CT molecular complexity index is 420. The molecule has 1 rings (SSSR count). The fourth-order valence-electron chi connectivity index (χ4n) is 1.66. The van der Waals surface area contributed by atoms with Crippen LogP contribution in [-0.4, -0.2) is 23.8 Å². The van der Waals surface area contributed by atoms with Crippen LogP contribution in [0.25, 0.3) is 0 Å². The summed E-state index contributed by atoms with van der Waals surface area (Å²) in [6.45, 7) is 3.57. The molecule has 0 bridgehead atoms. The highest BCUT2D eigenvalue weighted by Crippen LogP contribution is 2.22. The second kappa shape index (κ2) is 7.74. The molecule has 0 spiro atoms. The van der Waals surface area contributed by atoms with Crippen LogP contribution < -0.4 is 4.74 Å². The topological polar surface area (TPSA) is 55.8 Å². The zero-order valence-corrected chi connectivity index (χ0v) is 11.2. The largest absolute Gasteiger partial charge is 0.478 e. The lowest BCUT2D eigenvalue weighted by Crippen LogP contribution is -2.29. The number of benzene rings is 1. The summed E-state index contributed by atoms with van der Waals surface area (Å²) in [5, 5.41) is 9.16. The van der Waals surface area contributed by atoms with Gasteiger partial charge in [0.05, 0.1) is 13.2 Å². The second-order valence-electron chi connectivity index (χ2n) is 4.06. The van der Waals surface area contributed by atoms with Crippen LogP contribution in [0.5, 0.6) is 5.75 Å². The molecule has 0 heterocycles. The molecule has 106 valence electrons. The van der Waals surface area contributed by atoms with Crippen molar-refractivity contribution in [3.05, 3.63) is 29.6 Å². The van der Waals surface area contributed by atoms with Crippen molar-refractivity contribution in [2.75, 3.05) is 6.61 Å². The summed E-state index contributed by atoms with van der Waals surface area (Å²) in [5.41, 5.74) is 0.311. The molecule has 1 atom stereocenters. The highest BCUT2D eigenvalue weighted by Gasteiger charge is 2.22. The van der Waals surface area contributed by atoms with Gasteiger partial charge in [-0.25, -0.2) is 9.18 Å². The molecule has 4 nitrogen and oxygen atoms in total. The normalized spacial score (nSPS) is 12.0. The van der Waals surface area contributed by atoms with E-state index in [9.17, 15) is 9.18 Å². The molecule has 19 heavy (non-hydrogen) atoms. The SMILES string of the molecule is CCCC(Oc1ccc(F)cc1CO)C(=O)OCC. The maximum Gasteiger partial charge on any atom is 0.347 e. The fraction of sp³-hybridized carbons (Fsp3) is 0.500. The summed E-state index contributed by atoms with van der Waals surface area (Å²) in [4.78, 5) is 11.7. The number of ether oxygens (including phenoxy) is 2. The molecular weight excluding hydrogens is 251 g/mol. The van der Waals surface area contributed by atoms with E-state index in [1.165, 1.54) is 18.2 Å². The first-order chi connectivity index (χ1) is 9.12. The van der Waals surface area contributed by atoms with Gasteiger partial charge in [0.25, 0.3) is 0 Å². The Morgan fingerprint density at radius 3 is 2.74 bits per heavy atom. The van der Waals surface area contributed by atoms with Gasteiger partial charge in [-0.1, -0.05) is 13.3 Å². The number of rotatable bonds is 7. The third-order valence-corrected chi connectivity index (χ3v) is 2.56. The zero-order chi connectivity index (χ0) is 14.3. The zero-order valence-electron chi connectivity index (χ0n) is 11.2. The van der Waals surface area contributed by atoms with E-state index in [4.69, 9.17) is 14.6 Å². The molecule has 1 unspecified atom stereocenters. The van der Waals surface area contributed by atoms with E-state index in [1.807, 2.05) is 6.92 Å². The van der Waals surface area contributed by atoms with E-state index < -0.39 is 17.9 Å². The lowest BCUT2D eigenvalue weighted by Gasteiger charge is -2.18. The van der Waals surface area contributed by atoms with Crippen molar-refractivity contribution in [1.29, 1.82) is 0 Å². The number of halogens is 1. The third kappa shape index (κ3) is 4.52. The second-order valence-corrected chi connectivity index (χ2v) is 4.06. The number of esters is 1. The summed E-state index contributed by atoms with van der Waals surface area (Å²) in [5.74, 6) is -0.604. The summed E-state index contributed by atoms with van der Waals surface area (Å²) in [7, 11) is 0. The molecule has 0 aliphatic rings. The minimum absolute atomic E-state index is 0.276. The molecule has 1 N–H and O–H groups in total. The Balaban J connectivity index is 2.86. The standard InChI is InChI=1S/C14H19FO4/c1-3-5-13(14(17)18-4-2)19-12-7-6-11(15)8-10(12)9-16/h6-8,13,16H,3-5,9H2,1-2H3. The van der Waals surface area contributed by atoms with Crippen LogP contribution in [0, 0.1) is 5.82 Å². The number of carbonyl (C=O) groups is 1. The van der Waals surface area contributed by atoms with Crippen molar-refractivity contribution < 1.29 is 23.8 Å². The molecule has 1 aromatic rings. The van der Waals surface area contributed by atoms with Crippen molar-refractivity contribution in [2.45, 2.75) is 39.4 Å². The number of aliphatic hydroxyl groups is 1. The first-order valence-electron chi connectivity index (χ1n) is 6.34. The highest BCUT2D eigenvalue weighted by molar-refractivity contribution is 5.75. The van der Waals surface area contributed by atoms with Crippen molar-refractivity contribution in [3.63, 3.8) is 0 Å². The van der Waals surface area contributed by atoms with Gasteiger partial charge in [0.15, 0.2) is 6.10 Å². The van der Waals surface area contributed by atoms with Crippen LogP contribution in [-0.2, 0) is 16.1 Å². The van der Waals surface area contributed by atoms with Crippen LogP contribution >= 0.6 is 0 Å². The van der Waals surface area contributed by atoms with Gasteiger partial charge in [-0.05, 0) is 31.5 Å². The summed E-state index contributed by atoms with van der Waals surface area (Å²) >= 11 is 0. The molecule has 5 heteroatoms. The van der Waals surface area contributed by atoms with E-state index in [0.717, 1.165) is 6.42 Å². The molecule has 0 amide bonds. The average molecular weight is 270 g/mol. The van der Waals surface area contributed by atoms with Gasteiger partial charge in [-0.2, -0.15) is 0 Å². The van der Waals surface area contributed by atoms with E-state index in [2.05, 4.69) is 0 Å². The quantitative estimate of drug-likeness (QED) is 0.773. The van der Waals surface area contributed by atoms with Gasteiger partial charge in [0.1, 0.15) is 11.6 Å². The van der Waals surface area contributed by atoms with Gasteiger partial charge in [-0.3, -0.25) is 0 Å². The number of carbonyl (C=O) groups excluding carboxylic acids is 1. The Morgan fingerprint density at radius 2 is 2.16 bits per heavy atom. The van der Waals surface area contributed by atoms with Gasteiger partial charge in [0.2, 0.25) is 0 Å². The Morgan fingerprint density at radius 1 is 1.42 bits per heavy atom. The van der Waals surface area contributed by atoms with Crippen LogP contribution in [0.2, 0.25) is 0 Å². The van der Waals surface area contributed by atoms with Gasteiger partial charge in [-0.15, -0.1) is 0 Å². The van der Waals surface area contributed by atoms with Crippen LogP contribution in [0.3, 0.4) is 0 Å². The van der Waals surface area contributed by atoms with Crippen molar-refractivity contribution in [3.8, 4) is 5.75 Å². The van der Waals surface area contributed by atoms with E-state index in [0.29, 0.717) is 17.7 Å². The molecule has 0 saturated heterocycles. The van der Waals surface area contributed by atoms with Gasteiger partial charge in [0, 0.05) is 5.56 Å². The predicted molar refractivity (Wildman–Crippen MR) is 68.3 cm³/mol. The Labute approximate surface area is 112 Å². The Hall–Kier alpha value is -1.62. The Kier molecular flexibility index (Phi) is 6.29. The van der Waals surface area contributed by atoms with Crippen molar-refractivity contribution in [2.24, 2.45) is 0 Å². The lowest BCUT2D eigenvalue weighted by atomic mass is 10.2. The van der Waals surface area contributed by atoms with Gasteiger partial charge < -0.3 is 14.6 Å². The minimum atomic E-state index is -0.735. The van der Waals surface area contributed by atoms with Crippen molar-refractivity contribution in [1.82, 2.24) is 0 Å². The molecule has 0 radical (unpaired) electrons. The summed E-state index contributed by atoms with van der Waals surface area (Å²) in [6.07, 6.45) is 0.515. The number of hydrogen-bond acceptors (Lipinski definition) is 4. The number of aliphatic hydroxyl groups excluding tert-OH is 1. The number of hydrogen-bond donors (Lipinski definition) is 1. The molecule has 0 aromatic heterocycles. The molecule has 0 aliphatic heterocycles. The van der Waals surface area contributed by atoms with Crippen LogP contribution in [0.15, 0.2) is 18.2 Å². The first-order valence-corrected chi connectivity index (χ1v) is 6.34. The molecule has 0 fully saturated rings. The average Bonchev–Trinajstić information content (AvgIpc) is 2.40. The minimum Gasteiger partial charge on any atom is -0.478 e. The molecule has 0 aliphatic carbocycles. The molecular formula is C14H19FO4. The molecule has 0 saturated carbocycles. The van der Waals surface area contributed by atoms with E-state index in [-0.39, 0.29) is 13.2 Å². The first kappa shape index (κ1) is 15.4. The van der Waals surface area contributed by atoms with Gasteiger partial charge >= 0.3 is 5.97 Å². The van der Waals surface area contributed by atoms with Crippen molar-refractivity contribution >= 4 is 5.97 Å². The maximum atomic E-state index is 13.0. The fourth-order valence-corrected chi connectivity index (χ4v) is 1.66. The van der Waals surface area contributed by atoms with Crippen LogP contribution in [0.4, 0.5) is 4.39 Å². The highest BCUT2D eigenvalue weighted by atomic mass is 19.1. The molecule has 1 aromatic carbocycles. The monoisotopic (exact) mass is 270 g/mol. The smallest absolute Gasteiger partial charge is 0.347 e. The van der Waals surface area contributed by atoms with E-state index in [1.54, 1.807) is 6.92 Å².